The van der Waals surface area contributed by atoms with Gasteiger partial charge >= 0.3 is 0 Å². The fraction of sp³-hybridized carbons (Fsp3) is 0.227. The van der Waals surface area contributed by atoms with E-state index in [1.165, 1.54) is 0 Å². The molecule has 30 heavy (non-hydrogen) atoms. The molecule has 1 fully saturated rings. The smallest absolute Gasteiger partial charge is 0.162 e. The van der Waals surface area contributed by atoms with Crippen LogP contribution in [0.4, 0.5) is 17.5 Å². The lowest BCUT2D eigenvalue weighted by Crippen LogP contribution is -2.23. The molecule has 5 heterocycles. The quantitative estimate of drug-likeness (QED) is 0.471. The second-order valence-corrected chi connectivity index (χ2v) is 7.40. The lowest BCUT2D eigenvalue weighted by atomic mass is 10.2. The van der Waals surface area contributed by atoms with Gasteiger partial charge in [-0.2, -0.15) is 0 Å². The molecule has 3 N–H and O–H groups in total. The Morgan fingerprint density at radius 3 is 2.70 bits per heavy atom. The molecule has 0 aromatic carbocycles. The maximum atomic E-state index is 4.85. The molecule has 8 heteroatoms. The number of hydrogen-bond donors (Lipinski definition) is 3. The van der Waals surface area contributed by atoms with E-state index < -0.39 is 0 Å². The SMILES string of the molecule is Cc1ccnc(Nc2cc(-c3nc(NC4CCNC4)c4ccncc4n3)ccn2)c1. The third-order valence-corrected chi connectivity index (χ3v) is 5.09. The summed E-state index contributed by atoms with van der Waals surface area (Å²) in [6.07, 6.45) is 8.14. The van der Waals surface area contributed by atoms with E-state index in [-0.39, 0.29) is 0 Å². The molecule has 0 amide bonds. The Morgan fingerprint density at radius 2 is 1.87 bits per heavy atom. The van der Waals surface area contributed by atoms with Crippen molar-refractivity contribution in [2.45, 2.75) is 19.4 Å². The van der Waals surface area contributed by atoms with Gasteiger partial charge in [-0.15, -0.1) is 0 Å². The van der Waals surface area contributed by atoms with Crippen LogP contribution >= 0.6 is 0 Å². The maximum absolute atomic E-state index is 4.85. The summed E-state index contributed by atoms with van der Waals surface area (Å²) in [6, 6.07) is 10.1. The summed E-state index contributed by atoms with van der Waals surface area (Å²) in [5.41, 5.74) is 2.81. The van der Waals surface area contributed by atoms with E-state index in [4.69, 9.17) is 9.97 Å². The van der Waals surface area contributed by atoms with E-state index in [2.05, 4.69) is 30.9 Å². The first-order valence-corrected chi connectivity index (χ1v) is 10.00. The first kappa shape index (κ1) is 18.4. The van der Waals surface area contributed by atoms with E-state index in [9.17, 15) is 0 Å². The molecule has 8 nitrogen and oxygen atoms in total. The number of aromatic nitrogens is 5. The van der Waals surface area contributed by atoms with Crippen LogP contribution in [0.15, 0.2) is 55.1 Å². The Bertz CT molecular complexity index is 1190. The molecule has 4 aromatic heterocycles. The van der Waals surface area contributed by atoms with Crippen molar-refractivity contribution in [3.63, 3.8) is 0 Å². The van der Waals surface area contributed by atoms with Gasteiger partial charge in [0.25, 0.3) is 0 Å². The Hall–Kier alpha value is -3.65. The van der Waals surface area contributed by atoms with Crippen LogP contribution in [0.5, 0.6) is 0 Å². The van der Waals surface area contributed by atoms with Gasteiger partial charge in [-0.1, -0.05) is 0 Å². The van der Waals surface area contributed by atoms with Crippen molar-refractivity contribution < 1.29 is 0 Å². The summed E-state index contributed by atoms with van der Waals surface area (Å²) >= 11 is 0. The molecule has 1 unspecified atom stereocenters. The number of nitrogens with zero attached hydrogens (tertiary/aromatic N) is 5. The molecular formula is C22H22N8. The van der Waals surface area contributed by atoms with Crippen molar-refractivity contribution >= 4 is 28.4 Å². The molecule has 5 rings (SSSR count). The number of hydrogen-bond acceptors (Lipinski definition) is 8. The van der Waals surface area contributed by atoms with Gasteiger partial charge in [0.2, 0.25) is 0 Å². The van der Waals surface area contributed by atoms with Gasteiger partial charge in [-0.05, 0) is 55.8 Å². The number of rotatable bonds is 5. The highest BCUT2D eigenvalue weighted by atomic mass is 15.1. The van der Waals surface area contributed by atoms with Crippen LogP contribution < -0.4 is 16.0 Å². The second kappa shape index (κ2) is 8.00. The zero-order valence-corrected chi connectivity index (χ0v) is 16.6. The zero-order chi connectivity index (χ0) is 20.3. The number of fused-ring (bicyclic) bond motifs is 1. The third kappa shape index (κ3) is 3.90. The van der Waals surface area contributed by atoms with Crippen LogP contribution in [0.25, 0.3) is 22.3 Å². The number of anilines is 3. The van der Waals surface area contributed by atoms with Gasteiger partial charge in [-0.25, -0.2) is 19.9 Å². The van der Waals surface area contributed by atoms with E-state index in [0.29, 0.717) is 17.7 Å². The summed E-state index contributed by atoms with van der Waals surface area (Å²) in [7, 11) is 0. The number of aryl methyl sites for hydroxylation is 1. The summed E-state index contributed by atoms with van der Waals surface area (Å²) in [5.74, 6) is 2.90. The highest BCUT2D eigenvalue weighted by Gasteiger charge is 2.17. The zero-order valence-electron chi connectivity index (χ0n) is 16.6. The van der Waals surface area contributed by atoms with E-state index in [0.717, 1.165) is 53.2 Å². The van der Waals surface area contributed by atoms with Gasteiger partial charge in [0, 0.05) is 42.1 Å². The highest BCUT2D eigenvalue weighted by molar-refractivity contribution is 5.90. The standard InChI is InChI=1S/C22H22N8/c1-14-2-8-25-19(10-14)29-20-11-15(3-9-26-20)21-28-18-13-24-7-5-17(18)22(30-21)27-16-4-6-23-12-16/h2-3,5,7-11,13,16,23H,4,6,12H2,1H3,(H,25,26,29)(H,27,28,30). The van der Waals surface area contributed by atoms with Crippen molar-refractivity contribution in [2.24, 2.45) is 0 Å². The summed E-state index contributed by atoms with van der Waals surface area (Å²) in [6.45, 7) is 3.97. The minimum Gasteiger partial charge on any atom is -0.365 e. The van der Waals surface area contributed by atoms with Crippen molar-refractivity contribution in [3.05, 3.63) is 60.7 Å². The second-order valence-electron chi connectivity index (χ2n) is 7.40. The first-order valence-electron chi connectivity index (χ1n) is 10.00. The minimum absolute atomic E-state index is 0.353. The average molecular weight is 398 g/mol. The Balaban J connectivity index is 1.51. The summed E-state index contributed by atoms with van der Waals surface area (Å²) < 4.78 is 0. The Labute approximate surface area is 174 Å². The van der Waals surface area contributed by atoms with E-state index in [1.54, 1.807) is 24.8 Å². The lowest BCUT2D eigenvalue weighted by molar-refractivity contribution is 0.789. The number of pyridine rings is 3. The van der Waals surface area contributed by atoms with Crippen LogP contribution in [-0.4, -0.2) is 44.1 Å². The largest absolute Gasteiger partial charge is 0.365 e. The van der Waals surface area contributed by atoms with Gasteiger partial charge < -0.3 is 16.0 Å². The molecule has 150 valence electrons. The summed E-state index contributed by atoms with van der Waals surface area (Å²) in [4.78, 5) is 22.6. The van der Waals surface area contributed by atoms with Crippen LogP contribution in [-0.2, 0) is 0 Å². The fourth-order valence-corrected chi connectivity index (χ4v) is 3.56. The first-order chi connectivity index (χ1) is 14.7. The van der Waals surface area contributed by atoms with Gasteiger partial charge in [0.15, 0.2) is 5.82 Å². The van der Waals surface area contributed by atoms with Crippen LogP contribution in [0.2, 0.25) is 0 Å². The summed E-state index contributed by atoms with van der Waals surface area (Å²) in [5, 5.41) is 11.2. The molecule has 1 aliphatic rings. The molecular weight excluding hydrogens is 376 g/mol. The molecule has 0 radical (unpaired) electrons. The lowest BCUT2D eigenvalue weighted by Gasteiger charge is -2.15. The van der Waals surface area contributed by atoms with Crippen LogP contribution in [0, 0.1) is 6.92 Å². The van der Waals surface area contributed by atoms with Gasteiger partial charge in [0.1, 0.15) is 17.5 Å². The van der Waals surface area contributed by atoms with Crippen molar-refractivity contribution in [2.75, 3.05) is 23.7 Å². The molecule has 1 atom stereocenters. The monoisotopic (exact) mass is 398 g/mol. The van der Waals surface area contributed by atoms with Crippen molar-refractivity contribution in [1.82, 2.24) is 30.2 Å². The van der Waals surface area contributed by atoms with Crippen LogP contribution in [0.3, 0.4) is 0 Å². The third-order valence-electron chi connectivity index (χ3n) is 5.09. The van der Waals surface area contributed by atoms with E-state index in [1.807, 2.05) is 37.3 Å². The topological polar surface area (TPSA) is 101 Å². The predicted octanol–water partition coefficient (Wildman–Crippen LogP) is 3.31. The van der Waals surface area contributed by atoms with Crippen LogP contribution in [0.1, 0.15) is 12.0 Å². The molecule has 0 saturated carbocycles. The Morgan fingerprint density at radius 1 is 1.00 bits per heavy atom. The highest BCUT2D eigenvalue weighted by Crippen LogP contribution is 2.26. The molecule has 1 saturated heterocycles. The van der Waals surface area contributed by atoms with Crippen molar-refractivity contribution in [1.29, 1.82) is 0 Å². The predicted molar refractivity (Wildman–Crippen MR) is 118 cm³/mol. The fourth-order valence-electron chi connectivity index (χ4n) is 3.56. The Kier molecular flexibility index (Phi) is 4.90. The van der Waals surface area contributed by atoms with Gasteiger partial charge in [0.05, 0.1) is 11.7 Å². The normalized spacial score (nSPS) is 16.0. The molecule has 1 aliphatic heterocycles. The molecule has 0 spiro atoms. The molecule has 0 aliphatic carbocycles. The van der Waals surface area contributed by atoms with E-state index >= 15 is 0 Å². The van der Waals surface area contributed by atoms with Gasteiger partial charge in [-0.3, -0.25) is 4.98 Å². The number of nitrogens with one attached hydrogen (secondary N) is 3. The molecule has 4 aromatic rings. The average Bonchev–Trinajstić information content (AvgIpc) is 3.27. The maximum Gasteiger partial charge on any atom is 0.162 e. The minimum atomic E-state index is 0.353. The molecule has 0 bridgehead atoms. The van der Waals surface area contributed by atoms with Crippen molar-refractivity contribution in [3.8, 4) is 11.4 Å².